The molecule has 27 heavy (non-hydrogen) atoms. The molecule has 2 aromatic heterocycles. The minimum atomic E-state index is 0.0129. The molecule has 7 nitrogen and oxygen atoms in total. The Morgan fingerprint density at radius 3 is 2.93 bits per heavy atom. The van der Waals surface area contributed by atoms with Crippen molar-refractivity contribution in [1.29, 1.82) is 0 Å². The number of rotatable bonds is 6. The Morgan fingerprint density at radius 2 is 2.22 bits per heavy atom. The first-order valence-electron chi connectivity index (χ1n) is 9.04. The largest absolute Gasteiger partial charge is 0.481 e. The zero-order chi connectivity index (χ0) is 18.6. The molecule has 140 valence electrons. The standard InChI is InChI=1S/C20H23N5O2/c1-14-9-15(3-5-18(14)25-13-21-12-24-25)10-22-17-7-8-27-20(17)16-4-6-19(26-2)23-11-16/h3-6,9,11-13,17,20,22H,7-8,10H2,1-2H3/t17-,20+/m0/s1. The molecule has 2 atom stereocenters. The first-order valence-corrected chi connectivity index (χ1v) is 9.04. The molecule has 7 heteroatoms. The van der Waals surface area contributed by atoms with E-state index in [1.807, 2.05) is 18.3 Å². The van der Waals surface area contributed by atoms with Crippen molar-refractivity contribution in [1.82, 2.24) is 25.1 Å². The maximum Gasteiger partial charge on any atom is 0.212 e. The van der Waals surface area contributed by atoms with E-state index in [0.717, 1.165) is 30.8 Å². The minimum absolute atomic E-state index is 0.0129. The second-order valence-electron chi connectivity index (χ2n) is 6.66. The lowest BCUT2D eigenvalue weighted by Crippen LogP contribution is -2.31. The van der Waals surface area contributed by atoms with Crippen LogP contribution < -0.4 is 10.1 Å². The molecule has 0 amide bonds. The monoisotopic (exact) mass is 365 g/mol. The van der Waals surface area contributed by atoms with E-state index in [2.05, 4.69) is 45.5 Å². The predicted molar refractivity (Wildman–Crippen MR) is 101 cm³/mol. The molecule has 0 unspecified atom stereocenters. The highest BCUT2D eigenvalue weighted by Gasteiger charge is 2.29. The lowest BCUT2D eigenvalue weighted by atomic mass is 10.0. The van der Waals surface area contributed by atoms with Crippen molar-refractivity contribution in [2.75, 3.05) is 13.7 Å². The summed E-state index contributed by atoms with van der Waals surface area (Å²) >= 11 is 0. The van der Waals surface area contributed by atoms with Gasteiger partial charge in [0.2, 0.25) is 5.88 Å². The summed E-state index contributed by atoms with van der Waals surface area (Å²) in [6, 6.07) is 10.5. The van der Waals surface area contributed by atoms with Crippen LogP contribution >= 0.6 is 0 Å². The zero-order valence-electron chi connectivity index (χ0n) is 15.5. The number of hydrogen-bond acceptors (Lipinski definition) is 6. The smallest absolute Gasteiger partial charge is 0.212 e. The molecule has 3 heterocycles. The molecule has 1 saturated heterocycles. The molecule has 4 rings (SSSR count). The van der Waals surface area contributed by atoms with Crippen molar-refractivity contribution >= 4 is 0 Å². The van der Waals surface area contributed by atoms with Gasteiger partial charge in [-0.1, -0.05) is 12.1 Å². The van der Waals surface area contributed by atoms with Gasteiger partial charge in [-0.3, -0.25) is 0 Å². The highest BCUT2D eigenvalue weighted by molar-refractivity contribution is 5.41. The second-order valence-corrected chi connectivity index (χ2v) is 6.66. The average Bonchev–Trinajstić information content (AvgIpc) is 3.38. The molecule has 1 N–H and O–H groups in total. The molecule has 1 fully saturated rings. The summed E-state index contributed by atoms with van der Waals surface area (Å²) in [6.07, 6.45) is 6.08. The summed E-state index contributed by atoms with van der Waals surface area (Å²) in [7, 11) is 1.62. The number of nitrogens with zero attached hydrogens (tertiary/aromatic N) is 4. The van der Waals surface area contributed by atoms with Crippen LogP contribution in [0.25, 0.3) is 5.69 Å². The Morgan fingerprint density at radius 1 is 1.30 bits per heavy atom. The van der Waals surface area contributed by atoms with Crippen LogP contribution in [0.1, 0.15) is 29.2 Å². The molecule has 0 bridgehead atoms. The van der Waals surface area contributed by atoms with E-state index in [0.29, 0.717) is 5.88 Å². The van der Waals surface area contributed by atoms with E-state index in [4.69, 9.17) is 9.47 Å². The third kappa shape index (κ3) is 3.84. The van der Waals surface area contributed by atoms with Crippen LogP contribution in [0.5, 0.6) is 5.88 Å². The van der Waals surface area contributed by atoms with Gasteiger partial charge < -0.3 is 14.8 Å². The Labute approximate surface area is 158 Å². The van der Waals surface area contributed by atoms with Gasteiger partial charge in [0.1, 0.15) is 12.7 Å². The van der Waals surface area contributed by atoms with E-state index >= 15 is 0 Å². The van der Waals surface area contributed by atoms with Crippen molar-refractivity contribution in [2.45, 2.75) is 32.0 Å². The van der Waals surface area contributed by atoms with Crippen LogP contribution in [0.4, 0.5) is 0 Å². The summed E-state index contributed by atoms with van der Waals surface area (Å²) in [4.78, 5) is 8.31. The van der Waals surface area contributed by atoms with Crippen LogP contribution in [0.15, 0.2) is 49.2 Å². The molecule has 1 aromatic carbocycles. The van der Waals surface area contributed by atoms with E-state index in [1.165, 1.54) is 11.1 Å². The quantitative estimate of drug-likeness (QED) is 0.724. The van der Waals surface area contributed by atoms with E-state index in [1.54, 1.807) is 24.4 Å². The van der Waals surface area contributed by atoms with Gasteiger partial charge >= 0.3 is 0 Å². The topological polar surface area (TPSA) is 74.1 Å². The Hall–Kier alpha value is -2.77. The number of benzene rings is 1. The summed E-state index contributed by atoms with van der Waals surface area (Å²) < 4.78 is 12.9. The Bertz CT molecular complexity index is 880. The van der Waals surface area contributed by atoms with E-state index in [-0.39, 0.29) is 12.1 Å². The van der Waals surface area contributed by atoms with E-state index < -0.39 is 0 Å². The molecule has 0 spiro atoms. The van der Waals surface area contributed by atoms with Gasteiger partial charge in [-0.05, 0) is 36.6 Å². The number of pyridine rings is 1. The third-order valence-electron chi connectivity index (χ3n) is 4.88. The fourth-order valence-electron chi connectivity index (χ4n) is 3.47. The average molecular weight is 365 g/mol. The maximum atomic E-state index is 5.94. The van der Waals surface area contributed by atoms with Crippen LogP contribution in [-0.2, 0) is 11.3 Å². The van der Waals surface area contributed by atoms with Crippen LogP contribution in [0.2, 0.25) is 0 Å². The number of ether oxygens (including phenoxy) is 2. The normalized spacial score (nSPS) is 19.3. The Kier molecular flexibility index (Phi) is 5.13. The van der Waals surface area contributed by atoms with Gasteiger partial charge in [0.05, 0.1) is 18.9 Å². The van der Waals surface area contributed by atoms with Gasteiger partial charge in [-0.25, -0.2) is 14.6 Å². The highest BCUT2D eigenvalue weighted by Crippen LogP contribution is 2.29. The molecule has 1 aliphatic rings. The molecular formula is C20H23N5O2. The molecule has 1 aliphatic heterocycles. The summed E-state index contributed by atoms with van der Waals surface area (Å²) in [5.74, 6) is 0.615. The molecule has 0 aliphatic carbocycles. The fourth-order valence-corrected chi connectivity index (χ4v) is 3.47. The summed E-state index contributed by atoms with van der Waals surface area (Å²) in [5, 5.41) is 7.84. The fraction of sp³-hybridized carbons (Fsp3) is 0.350. The third-order valence-corrected chi connectivity index (χ3v) is 4.88. The first-order chi connectivity index (χ1) is 13.2. The number of hydrogen-bond donors (Lipinski definition) is 1. The molecule has 0 saturated carbocycles. The first kappa shape index (κ1) is 17.6. The SMILES string of the molecule is COc1ccc([C@H]2OCC[C@@H]2NCc2ccc(-n3cncn3)c(C)c2)cn1. The van der Waals surface area contributed by atoms with Gasteiger partial charge in [-0.2, -0.15) is 5.10 Å². The van der Waals surface area contributed by atoms with Crippen LogP contribution in [0, 0.1) is 6.92 Å². The number of methoxy groups -OCH3 is 1. The summed E-state index contributed by atoms with van der Waals surface area (Å²) in [5.41, 5.74) is 4.51. The molecule has 0 radical (unpaired) electrons. The lowest BCUT2D eigenvalue weighted by molar-refractivity contribution is 0.0981. The van der Waals surface area contributed by atoms with Crippen LogP contribution in [0.3, 0.4) is 0 Å². The number of nitrogens with one attached hydrogen (secondary N) is 1. The number of aryl methyl sites for hydroxylation is 1. The van der Waals surface area contributed by atoms with Crippen LogP contribution in [-0.4, -0.2) is 39.5 Å². The van der Waals surface area contributed by atoms with Crippen molar-refractivity contribution in [3.05, 3.63) is 65.9 Å². The Balaban J connectivity index is 1.42. The van der Waals surface area contributed by atoms with Crippen molar-refractivity contribution in [2.24, 2.45) is 0 Å². The zero-order valence-corrected chi connectivity index (χ0v) is 15.5. The van der Waals surface area contributed by atoms with Gasteiger partial charge in [0.15, 0.2) is 0 Å². The van der Waals surface area contributed by atoms with E-state index in [9.17, 15) is 0 Å². The van der Waals surface area contributed by atoms with Gasteiger partial charge in [0, 0.05) is 37.0 Å². The highest BCUT2D eigenvalue weighted by atomic mass is 16.5. The van der Waals surface area contributed by atoms with Gasteiger partial charge in [-0.15, -0.1) is 0 Å². The van der Waals surface area contributed by atoms with Crippen molar-refractivity contribution < 1.29 is 9.47 Å². The van der Waals surface area contributed by atoms with Crippen molar-refractivity contribution in [3.63, 3.8) is 0 Å². The molecular weight excluding hydrogens is 342 g/mol. The number of aromatic nitrogens is 4. The van der Waals surface area contributed by atoms with Gasteiger partial charge in [0.25, 0.3) is 0 Å². The molecule has 3 aromatic rings. The lowest BCUT2D eigenvalue weighted by Gasteiger charge is -2.20. The predicted octanol–water partition coefficient (Wildman–Crippen LogP) is 2.60. The second kappa shape index (κ2) is 7.85. The maximum absolute atomic E-state index is 5.94. The van der Waals surface area contributed by atoms with Crippen molar-refractivity contribution in [3.8, 4) is 11.6 Å². The summed E-state index contributed by atoms with van der Waals surface area (Å²) in [6.45, 7) is 3.62. The minimum Gasteiger partial charge on any atom is -0.481 e.